The van der Waals surface area contributed by atoms with Crippen LogP contribution in [-0.4, -0.2) is 51.2 Å². The van der Waals surface area contributed by atoms with Crippen LogP contribution in [0.5, 0.6) is 0 Å². The molecule has 5 rings (SSSR count). The van der Waals surface area contributed by atoms with E-state index in [1.165, 1.54) is 44.5 Å². The highest BCUT2D eigenvalue weighted by Gasteiger charge is 2.39. The zero-order chi connectivity index (χ0) is 16.8. The minimum atomic E-state index is 0.491. The number of likely N-dealkylation sites (tertiary alicyclic amines) is 1. The molecular weight excluding hydrogens is 314 g/mol. The van der Waals surface area contributed by atoms with Crippen molar-refractivity contribution in [2.45, 2.75) is 37.6 Å². The molecule has 3 heterocycles. The van der Waals surface area contributed by atoms with Gasteiger partial charge in [0.1, 0.15) is 5.82 Å². The lowest BCUT2D eigenvalue weighted by Crippen LogP contribution is -2.23. The minimum Gasteiger partial charge on any atom is -0.351 e. The maximum atomic E-state index is 4.61. The van der Waals surface area contributed by atoms with Crippen molar-refractivity contribution in [1.82, 2.24) is 25.1 Å². The second kappa shape index (κ2) is 5.98. The number of hydrogen-bond donors (Lipinski definition) is 3. The number of H-pyrrole nitrogens is 1. The van der Waals surface area contributed by atoms with Gasteiger partial charge in [-0.1, -0.05) is 0 Å². The number of hydrogen-bond acceptors (Lipinski definition) is 6. The van der Waals surface area contributed by atoms with Crippen LogP contribution in [0.1, 0.15) is 37.3 Å². The van der Waals surface area contributed by atoms with E-state index < -0.39 is 0 Å². The Hall–Kier alpha value is -2.15. The van der Waals surface area contributed by atoms with Gasteiger partial charge >= 0.3 is 0 Å². The van der Waals surface area contributed by atoms with Gasteiger partial charge in [0.05, 0.1) is 0 Å². The van der Waals surface area contributed by atoms with Gasteiger partial charge in [-0.15, -0.1) is 0 Å². The summed E-state index contributed by atoms with van der Waals surface area (Å²) in [7, 11) is 2.22. The first-order valence-electron chi connectivity index (χ1n) is 9.33. The lowest BCUT2D eigenvalue weighted by Gasteiger charge is -2.16. The number of nitrogens with one attached hydrogen (secondary N) is 3. The van der Waals surface area contributed by atoms with Gasteiger partial charge in [0.2, 0.25) is 5.95 Å². The van der Waals surface area contributed by atoms with Gasteiger partial charge in [-0.2, -0.15) is 10.1 Å². The lowest BCUT2D eigenvalue weighted by molar-refractivity contribution is 0.374. The van der Waals surface area contributed by atoms with Crippen molar-refractivity contribution in [1.29, 1.82) is 0 Å². The summed E-state index contributed by atoms with van der Waals surface area (Å²) in [6, 6.07) is 4.46. The van der Waals surface area contributed by atoms with Crippen molar-refractivity contribution in [2.24, 2.45) is 11.8 Å². The second-order valence-corrected chi connectivity index (χ2v) is 7.93. The lowest BCUT2D eigenvalue weighted by atomic mass is 10.0. The van der Waals surface area contributed by atoms with Crippen LogP contribution in [-0.2, 0) is 0 Å². The summed E-state index contributed by atoms with van der Waals surface area (Å²) < 4.78 is 0. The zero-order valence-electron chi connectivity index (χ0n) is 14.6. The molecule has 25 heavy (non-hydrogen) atoms. The van der Waals surface area contributed by atoms with Crippen molar-refractivity contribution >= 4 is 17.6 Å². The summed E-state index contributed by atoms with van der Waals surface area (Å²) in [6.07, 6.45) is 6.78. The Bertz CT molecular complexity index is 739. The molecule has 3 N–H and O–H groups in total. The van der Waals surface area contributed by atoms with Crippen LogP contribution in [0.2, 0.25) is 0 Å². The molecule has 2 aromatic heterocycles. The third kappa shape index (κ3) is 3.20. The molecule has 2 aromatic rings. The number of nitrogens with zero attached hydrogens (tertiary/aromatic N) is 4. The molecular formula is C18H25N7. The van der Waals surface area contributed by atoms with Crippen LogP contribution in [0.15, 0.2) is 18.3 Å². The van der Waals surface area contributed by atoms with Crippen molar-refractivity contribution < 1.29 is 0 Å². The molecule has 0 amide bonds. The number of rotatable bonds is 5. The highest BCUT2D eigenvalue weighted by atomic mass is 15.2. The maximum Gasteiger partial charge on any atom is 0.224 e. The average molecular weight is 339 g/mol. The normalized spacial score (nSPS) is 28.9. The van der Waals surface area contributed by atoms with Crippen LogP contribution in [0.3, 0.4) is 0 Å². The molecule has 7 nitrogen and oxygen atoms in total. The molecule has 0 radical (unpaired) electrons. The summed E-state index contributed by atoms with van der Waals surface area (Å²) in [5, 5.41) is 14.3. The first kappa shape index (κ1) is 15.1. The molecule has 1 unspecified atom stereocenters. The van der Waals surface area contributed by atoms with Crippen molar-refractivity contribution in [3.63, 3.8) is 0 Å². The highest BCUT2D eigenvalue weighted by molar-refractivity contribution is 5.53. The van der Waals surface area contributed by atoms with Gasteiger partial charge in [0, 0.05) is 43.0 Å². The molecule has 1 aliphatic heterocycles. The summed E-state index contributed by atoms with van der Waals surface area (Å²) in [5.41, 5.74) is 1.22. The fourth-order valence-electron chi connectivity index (χ4n) is 4.47. The van der Waals surface area contributed by atoms with E-state index in [0.717, 1.165) is 23.5 Å². The summed E-state index contributed by atoms with van der Waals surface area (Å²) in [6.45, 7) is 2.46. The van der Waals surface area contributed by atoms with E-state index in [4.69, 9.17) is 0 Å². The maximum absolute atomic E-state index is 4.61. The standard InChI is InChI=1S/C18H25N7/c1-25-9-12-6-14(7-13(12)10-25)20-18-19-5-4-16(22-18)21-17-8-15(23-24-17)11-2-3-11/h4-5,8,11-14H,2-3,6-7,9-10H2,1H3,(H3,19,20,21,22,23,24)/t12-,13+,14?. The predicted octanol–water partition coefficient (Wildman–Crippen LogP) is 2.57. The molecule has 3 fully saturated rings. The number of aromatic amines is 1. The van der Waals surface area contributed by atoms with E-state index in [1.54, 1.807) is 6.20 Å². The largest absolute Gasteiger partial charge is 0.351 e. The molecule has 3 atom stereocenters. The molecule has 1 saturated heterocycles. The zero-order valence-corrected chi connectivity index (χ0v) is 14.6. The van der Waals surface area contributed by atoms with E-state index in [0.29, 0.717) is 17.9 Å². The molecule has 132 valence electrons. The van der Waals surface area contributed by atoms with Gasteiger partial charge in [-0.3, -0.25) is 5.10 Å². The predicted molar refractivity (Wildman–Crippen MR) is 97.0 cm³/mol. The Morgan fingerprint density at radius 1 is 1.16 bits per heavy atom. The summed E-state index contributed by atoms with van der Waals surface area (Å²) >= 11 is 0. The Morgan fingerprint density at radius 2 is 1.96 bits per heavy atom. The van der Waals surface area contributed by atoms with Crippen LogP contribution >= 0.6 is 0 Å². The van der Waals surface area contributed by atoms with E-state index in [9.17, 15) is 0 Å². The van der Waals surface area contributed by atoms with Crippen molar-refractivity contribution in [3.8, 4) is 0 Å². The molecule has 2 saturated carbocycles. The quantitative estimate of drug-likeness (QED) is 0.777. The van der Waals surface area contributed by atoms with Crippen LogP contribution < -0.4 is 10.6 Å². The minimum absolute atomic E-state index is 0.491. The topological polar surface area (TPSA) is 81.8 Å². The highest BCUT2D eigenvalue weighted by Crippen LogP contribution is 2.40. The molecule has 2 aliphatic carbocycles. The third-order valence-corrected chi connectivity index (χ3v) is 5.79. The van der Waals surface area contributed by atoms with Crippen molar-refractivity contribution in [2.75, 3.05) is 30.8 Å². The number of aromatic nitrogens is 4. The third-order valence-electron chi connectivity index (χ3n) is 5.79. The average Bonchev–Trinajstić information content (AvgIpc) is 3.08. The summed E-state index contributed by atoms with van der Waals surface area (Å²) in [4.78, 5) is 11.5. The smallest absolute Gasteiger partial charge is 0.224 e. The van der Waals surface area contributed by atoms with Crippen LogP contribution in [0, 0.1) is 11.8 Å². The summed E-state index contributed by atoms with van der Waals surface area (Å²) in [5.74, 6) is 4.64. The molecule has 0 bridgehead atoms. The van der Waals surface area contributed by atoms with Gasteiger partial charge in [0.25, 0.3) is 0 Å². The van der Waals surface area contributed by atoms with Crippen molar-refractivity contribution in [3.05, 3.63) is 24.0 Å². The van der Waals surface area contributed by atoms with E-state index >= 15 is 0 Å². The van der Waals surface area contributed by atoms with Crippen LogP contribution in [0.25, 0.3) is 0 Å². The van der Waals surface area contributed by atoms with Gasteiger partial charge in [0.15, 0.2) is 5.82 Å². The fourth-order valence-corrected chi connectivity index (χ4v) is 4.47. The van der Waals surface area contributed by atoms with E-state index in [1.807, 2.05) is 6.07 Å². The first-order valence-corrected chi connectivity index (χ1v) is 9.33. The van der Waals surface area contributed by atoms with Gasteiger partial charge in [-0.05, 0) is 50.6 Å². The molecule has 0 aromatic carbocycles. The molecule has 3 aliphatic rings. The van der Waals surface area contributed by atoms with E-state index in [-0.39, 0.29) is 0 Å². The first-order chi connectivity index (χ1) is 12.2. The monoisotopic (exact) mass is 339 g/mol. The Labute approximate surface area is 147 Å². The molecule has 0 spiro atoms. The van der Waals surface area contributed by atoms with Gasteiger partial charge in [-0.25, -0.2) is 4.98 Å². The van der Waals surface area contributed by atoms with E-state index in [2.05, 4.69) is 48.8 Å². The fraction of sp³-hybridized carbons (Fsp3) is 0.611. The SMILES string of the molecule is CN1C[C@H]2CC(Nc3nccc(Nc4cc(C5CC5)[nH]n4)n3)C[C@H]2C1. The Morgan fingerprint density at radius 3 is 2.72 bits per heavy atom. The number of anilines is 3. The Balaban J connectivity index is 1.22. The molecule has 7 heteroatoms. The van der Waals surface area contributed by atoms with Crippen LogP contribution in [0.4, 0.5) is 17.6 Å². The number of fused-ring (bicyclic) bond motifs is 1. The Kier molecular flexibility index (Phi) is 3.62. The second-order valence-electron chi connectivity index (χ2n) is 7.93. The van der Waals surface area contributed by atoms with Gasteiger partial charge < -0.3 is 15.5 Å².